The molecule has 0 spiro atoms. The molecule has 1 aromatic rings. The van der Waals surface area contributed by atoms with E-state index in [1.807, 2.05) is 0 Å². The van der Waals surface area contributed by atoms with E-state index >= 15 is 0 Å². The molecule has 0 bridgehead atoms. The average molecular weight is 294 g/mol. The maximum atomic E-state index is 11.6. The smallest absolute Gasteiger partial charge is 0.340 e. The summed E-state index contributed by atoms with van der Waals surface area (Å²) in [5.41, 5.74) is 0.0355. The van der Waals surface area contributed by atoms with Crippen molar-refractivity contribution in [2.24, 2.45) is 0 Å². The van der Waals surface area contributed by atoms with Crippen LogP contribution in [0.4, 0.5) is 0 Å². The monoisotopic (exact) mass is 294 g/mol. The highest BCUT2D eigenvalue weighted by atomic mass is 16.5. The zero-order chi connectivity index (χ0) is 16.5. The molecule has 22 heavy (non-hydrogen) atoms. The third-order valence-corrected chi connectivity index (χ3v) is 2.28. The van der Waals surface area contributed by atoms with E-state index in [1.54, 1.807) is 0 Å². The Morgan fingerprint density at radius 3 is 1.23 bits per heavy atom. The van der Waals surface area contributed by atoms with Gasteiger partial charge >= 0.3 is 11.9 Å². The lowest BCUT2D eigenvalue weighted by Gasteiger charge is -2.06. The molecule has 106 valence electrons. The van der Waals surface area contributed by atoms with Crippen molar-refractivity contribution in [1.82, 2.24) is 0 Å². The third kappa shape index (κ3) is 4.06. The number of hydrogen-bond donors (Lipinski definition) is 0. The minimum Gasteiger partial charge on any atom is -0.429 e. The van der Waals surface area contributed by atoms with Crippen LogP contribution in [0.5, 0.6) is 0 Å². The standard InChI is InChI=1S/C14H6N4O4/c15-5-11(6-16)21-13(19)9-1-2-10(4-3-9)14(20)22-12(7-17)8-18/h1-4,11-12H. The molecule has 0 N–H and O–H groups in total. The van der Waals surface area contributed by atoms with Gasteiger partial charge in [0.05, 0.1) is 11.1 Å². The molecule has 0 atom stereocenters. The highest BCUT2D eigenvalue weighted by Crippen LogP contribution is 2.09. The van der Waals surface area contributed by atoms with Crippen LogP contribution in [-0.4, -0.2) is 24.1 Å². The van der Waals surface area contributed by atoms with E-state index in [0.29, 0.717) is 0 Å². The third-order valence-electron chi connectivity index (χ3n) is 2.28. The van der Waals surface area contributed by atoms with Gasteiger partial charge in [-0.2, -0.15) is 21.0 Å². The number of esters is 2. The molecule has 0 radical (unpaired) electrons. The number of carbonyl (C=O) groups is 2. The van der Waals surface area contributed by atoms with E-state index in [-0.39, 0.29) is 11.1 Å². The van der Waals surface area contributed by atoms with Crippen LogP contribution in [-0.2, 0) is 9.47 Å². The Hall–Kier alpha value is -3.88. The average Bonchev–Trinajstić information content (AvgIpc) is 2.57. The van der Waals surface area contributed by atoms with Crippen molar-refractivity contribution >= 4 is 11.9 Å². The summed E-state index contributed by atoms with van der Waals surface area (Å²) in [5.74, 6) is -1.81. The largest absolute Gasteiger partial charge is 0.429 e. The second-order valence-corrected chi connectivity index (χ2v) is 3.66. The lowest BCUT2D eigenvalue weighted by atomic mass is 10.1. The van der Waals surface area contributed by atoms with Gasteiger partial charge in [-0.3, -0.25) is 0 Å². The van der Waals surface area contributed by atoms with Gasteiger partial charge in [0.15, 0.2) is 0 Å². The Morgan fingerprint density at radius 1 is 0.727 bits per heavy atom. The minimum absolute atomic E-state index is 0.0177. The number of hydrogen-bond acceptors (Lipinski definition) is 8. The summed E-state index contributed by atoms with van der Waals surface area (Å²) in [6.07, 6.45) is -3.05. The molecule has 0 amide bonds. The molecule has 0 aliphatic rings. The fraction of sp³-hybridized carbons (Fsp3) is 0.143. The van der Waals surface area contributed by atoms with Crippen molar-refractivity contribution in [3.05, 3.63) is 35.4 Å². The van der Waals surface area contributed by atoms with Crippen molar-refractivity contribution in [1.29, 1.82) is 21.0 Å². The molecule has 0 heterocycles. The van der Waals surface area contributed by atoms with E-state index < -0.39 is 24.1 Å². The molecule has 8 heteroatoms. The molecule has 0 aromatic heterocycles. The van der Waals surface area contributed by atoms with Crippen LogP contribution in [0, 0.1) is 45.3 Å². The van der Waals surface area contributed by atoms with Crippen LogP contribution in [0.1, 0.15) is 20.7 Å². The number of nitriles is 4. The summed E-state index contributed by atoms with van der Waals surface area (Å²) in [4.78, 5) is 23.2. The second kappa shape index (κ2) is 7.65. The molecule has 8 nitrogen and oxygen atoms in total. The first-order chi connectivity index (χ1) is 10.5. The summed E-state index contributed by atoms with van der Waals surface area (Å²) in [6, 6.07) is 10.8. The van der Waals surface area contributed by atoms with Crippen molar-refractivity contribution in [3.8, 4) is 24.3 Å². The van der Waals surface area contributed by atoms with E-state index in [2.05, 4.69) is 9.47 Å². The summed E-state index contributed by atoms with van der Waals surface area (Å²) < 4.78 is 9.14. The Morgan fingerprint density at radius 2 is 1.00 bits per heavy atom. The fourth-order valence-electron chi connectivity index (χ4n) is 1.26. The molecule has 1 aromatic carbocycles. The molecule has 0 saturated carbocycles. The van der Waals surface area contributed by atoms with E-state index in [4.69, 9.17) is 21.0 Å². The number of nitrogens with zero attached hydrogens (tertiary/aromatic N) is 4. The van der Waals surface area contributed by atoms with Crippen LogP contribution in [0.3, 0.4) is 0 Å². The van der Waals surface area contributed by atoms with Gasteiger partial charge in [-0.1, -0.05) is 0 Å². The molecule has 0 aliphatic heterocycles. The quantitative estimate of drug-likeness (QED) is 0.741. The first kappa shape index (κ1) is 16.2. The van der Waals surface area contributed by atoms with Crippen LogP contribution >= 0.6 is 0 Å². The maximum absolute atomic E-state index is 11.6. The van der Waals surface area contributed by atoms with E-state index in [9.17, 15) is 9.59 Å². The summed E-state index contributed by atoms with van der Waals surface area (Å²) in [7, 11) is 0. The zero-order valence-electron chi connectivity index (χ0n) is 10.9. The highest BCUT2D eigenvalue weighted by molar-refractivity contribution is 5.93. The Balaban J connectivity index is 2.80. The molecule has 0 unspecified atom stereocenters. The molecular weight excluding hydrogens is 288 g/mol. The van der Waals surface area contributed by atoms with E-state index in [1.165, 1.54) is 48.5 Å². The Kier molecular flexibility index (Phi) is 5.62. The summed E-state index contributed by atoms with van der Waals surface area (Å²) in [6.45, 7) is 0. The van der Waals surface area contributed by atoms with E-state index in [0.717, 1.165) is 0 Å². The van der Waals surface area contributed by atoms with Crippen LogP contribution < -0.4 is 0 Å². The van der Waals surface area contributed by atoms with Gasteiger partial charge in [0.25, 0.3) is 12.2 Å². The lowest BCUT2D eigenvalue weighted by Crippen LogP contribution is -2.16. The van der Waals surface area contributed by atoms with Crippen molar-refractivity contribution < 1.29 is 19.1 Å². The van der Waals surface area contributed by atoms with Crippen molar-refractivity contribution in [3.63, 3.8) is 0 Å². The molecule has 0 fully saturated rings. The topological polar surface area (TPSA) is 148 Å². The summed E-state index contributed by atoms with van der Waals surface area (Å²) >= 11 is 0. The normalized spacial score (nSPS) is 9.00. The number of benzene rings is 1. The Labute approximate surface area is 124 Å². The van der Waals surface area contributed by atoms with Gasteiger partial charge in [-0.25, -0.2) is 9.59 Å². The number of rotatable bonds is 4. The SMILES string of the molecule is N#CC(C#N)OC(=O)c1ccc(C(=O)OC(C#N)C#N)cc1. The molecule has 0 aliphatic carbocycles. The van der Waals surface area contributed by atoms with Gasteiger partial charge < -0.3 is 9.47 Å². The summed E-state index contributed by atoms with van der Waals surface area (Å²) in [5, 5.41) is 34.0. The van der Waals surface area contributed by atoms with Crippen LogP contribution in [0.25, 0.3) is 0 Å². The maximum Gasteiger partial charge on any atom is 0.340 e. The first-order valence-electron chi connectivity index (χ1n) is 5.66. The van der Waals surface area contributed by atoms with Crippen molar-refractivity contribution in [2.45, 2.75) is 12.2 Å². The van der Waals surface area contributed by atoms with Gasteiger partial charge in [0.1, 0.15) is 24.3 Å². The predicted octanol–water partition coefficient (Wildman–Crippen LogP) is 0.832. The fourth-order valence-corrected chi connectivity index (χ4v) is 1.26. The number of ether oxygens (including phenoxy) is 2. The first-order valence-corrected chi connectivity index (χ1v) is 5.66. The van der Waals surface area contributed by atoms with Gasteiger partial charge in [-0.15, -0.1) is 0 Å². The van der Waals surface area contributed by atoms with Crippen LogP contribution in [0.15, 0.2) is 24.3 Å². The number of carbonyl (C=O) groups excluding carboxylic acids is 2. The zero-order valence-corrected chi connectivity index (χ0v) is 10.9. The van der Waals surface area contributed by atoms with Gasteiger partial charge in [-0.05, 0) is 24.3 Å². The lowest BCUT2D eigenvalue weighted by molar-refractivity contribution is 0.0466. The molecular formula is C14H6N4O4. The highest BCUT2D eigenvalue weighted by Gasteiger charge is 2.17. The minimum atomic E-state index is -1.52. The van der Waals surface area contributed by atoms with Gasteiger partial charge in [0, 0.05) is 0 Å². The van der Waals surface area contributed by atoms with Crippen LogP contribution in [0.2, 0.25) is 0 Å². The molecule has 1 rings (SSSR count). The second-order valence-electron chi connectivity index (χ2n) is 3.66. The Bertz CT molecular complexity index is 651. The van der Waals surface area contributed by atoms with Gasteiger partial charge in [0.2, 0.25) is 0 Å². The predicted molar refractivity (Wildman–Crippen MR) is 67.3 cm³/mol. The van der Waals surface area contributed by atoms with Crippen molar-refractivity contribution in [2.75, 3.05) is 0 Å². The molecule has 0 saturated heterocycles.